The second kappa shape index (κ2) is 9.86. The Morgan fingerprint density at radius 2 is 1.79 bits per heavy atom. The van der Waals surface area contributed by atoms with Crippen LogP contribution in [-0.2, 0) is 22.3 Å². The van der Waals surface area contributed by atoms with E-state index in [2.05, 4.69) is 10.6 Å². The van der Waals surface area contributed by atoms with Crippen LogP contribution in [0.4, 0.5) is 13.2 Å². The highest BCUT2D eigenvalue weighted by molar-refractivity contribution is 6.00. The fourth-order valence-corrected chi connectivity index (χ4v) is 3.07. The molecule has 0 aromatic heterocycles. The first-order valence-corrected chi connectivity index (χ1v) is 10.1. The minimum atomic E-state index is -4.63. The predicted octanol–water partition coefficient (Wildman–Crippen LogP) is 3.86. The Kier molecular flexibility index (Phi) is 7.14. The van der Waals surface area contributed by atoms with Crippen molar-refractivity contribution in [2.45, 2.75) is 31.1 Å². The van der Waals surface area contributed by atoms with Crippen LogP contribution in [0.25, 0.3) is 0 Å². The van der Waals surface area contributed by atoms with Gasteiger partial charge in [0.1, 0.15) is 28.4 Å². The molecule has 11 heteroatoms. The van der Waals surface area contributed by atoms with Crippen LogP contribution >= 0.6 is 0 Å². The quantitative estimate of drug-likeness (QED) is 0.248. The molecule has 180 valence electrons. The number of hydrogen-bond acceptors (Lipinski definition) is 6. The maximum absolute atomic E-state index is 13.3. The minimum absolute atomic E-state index is 0.0522. The number of ether oxygens (including phenoxy) is 2. The Morgan fingerprint density at radius 1 is 1.15 bits per heavy atom. The third kappa shape index (κ3) is 5.85. The number of allylic oxidation sites excluding steroid dienone is 1. The van der Waals surface area contributed by atoms with Crippen LogP contribution in [0.15, 0.2) is 54.3 Å². The van der Waals surface area contributed by atoms with E-state index in [0.717, 1.165) is 18.4 Å². The molecular formula is C23H22F3N3O5. The lowest BCUT2D eigenvalue weighted by Crippen LogP contribution is -2.49. The number of rotatable bonds is 9. The molecule has 0 atom stereocenters. The summed E-state index contributed by atoms with van der Waals surface area (Å²) in [5.41, 5.74) is -1.44. The van der Waals surface area contributed by atoms with Crippen molar-refractivity contribution in [2.75, 3.05) is 7.11 Å². The van der Waals surface area contributed by atoms with E-state index >= 15 is 0 Å². The number of carbonyl (C=O) groups excluding carboxylic acids is 2. The number of benzene rings is 2. The van der Waals surface area contributed by atoms with Crippen LogP contribution in [0.5, 0.6) is 17.2 Å². The van der Waals surface area contributed by atoms with Gasteiger partial charge in [0.2, 0.25) is 5.91 Å². The maximum Gasteiger partial charge on any atom is 0.420 e. The number of hydrogen-bond donors (Lipinski definition) is 4. The number of amides is 2. The molecule has 2 aromatic rings. The molecule has 1 saturated carbocycles. The second-order valence-corrected chi connectivity index (χ2v) is 7.54. The lowest BCUT2D eigenvalue weighted by atomic mass is 10.1. The summed E-state index contributed by atoms with van der Waals surface area (Å²) < 4.78 is 50.3. The fourth-order valence-electron chi connectivity index (χ4n) is 3.07. The maximum atomic E-state index is 13.3. The van der Waals surface area contributed by atoms with E-state index in [1.165, 1.54) is 31.4 Å². The molecule has 34 heavy (non-hydrogen) atoms. The summed E-state index contributed by atoms with van der Waals surface area (Å²) in [5.74, 6) is -2.11. The number of nitrogens with one attached hydrogen (secondary N) is 3. The van der Waals surface area contributed by atoms with Crippen molar-refractivity contribution >= 4 is 18.0 Å². The number of carbonyl (C=O) groups is 2. The van der Waals surface area contributed by atoms with E-state index in [1.807, 2.05) is 0 Å². The third-order valence-electron chi connectivity index (χ3n) is 5.11. The van der Waals surface area contributed by atoms with Gasteiger partial charge in [-0.2, -0.15) is 13.2 Å². The Balaban J connectivity index is 1.61. The van der Waals surface area contributed by atoms with Crippen LogP contribution in [0.1, 0.15) is 24.0 Å². The molecule has 0 aliphatic heterocycles. The van der Waals surface area contributed by atoms with E-state index in [0.29, 0.717) is 18.4 Å². The average Bonchev–Trinajstić information content (AvgIpc) is 3.58. The zero-order valence-electron chi connectivity index (χ0n) is 18.0. The van der Waals surface area contributed by atoms with Gasteiger partial charge < -0.3 is 30.6 Å². The lowest BCUT2D eigenvalue weighted by molar-refractivity contribution is -0.138. The van der Waals surface area contributed by atoms with E-state index in [9.17, 15) is 27.9 Å². The molecule has 1 fully saturated rings. The lowest BCUT2D eigenvalue weighted by Gasteiger charge is -2.17. The number of aliphatic hydroxyl groups is 1. The summed E-state index contributed by atoms with van der Waals surface area (Å²) in [6, 6.07) is 9.51. The summed E-state index contributed by atoms with van der Waals surface area (Å²) >= 11 is 0. The summed E-state index contributed by atoms with van der Waals surface area (Å²) in [6.45, 7) is 0.107. The highest BCUT2D eigenvalue weighted by atomic mass is 19.4. The van der Waals surface area contributed by atoms with Gasteiger partial charge in [0, 0.05) is 18.8 Å². The van der Waals surface area contributed by atoms with E-state index in [4.69, 9.17) is 14.9 Å². The number of methoxy groups -OCH3 is 1. The van der Waals surface area contributed by atoms with Crippen molar-refractivity contribution in [3.8, 4) is 17.2 Å². The van der Waals surface area contributed by atoms with Gasteiger partial charge in [-0.1, -0.05) is 12.1 Å². The van der Waals surface area contributed by atoms with Gasteiger partial charge in [-0.3, -0.25) is 9.59 Å². The van der Waals surface area contributed by atoms with Gasteiger partial charge in [0.25, 0.3) is 5.91 Å². The fraction of sp³-hybridized carbons (Fsp3) is 0.261. The average molecular weight is 477 g/mol. The molecule has 4 N–H and O–H groups in total. The van der Waals surface area contributed by atoms with Crippen LogP contribution in [0.3, 0.4) is 0 Å². The van der Waals surface area contributed by atoms with Gasteiger partial charge in [-0.05, 0) is 48.7 Å². The molecule has 0 spiro atoms. The van der Waals surface area contributed by atoms with E-state index in [-0.39, 0.29) is 23.8 Å². The first-order chi connectivity index (χ1) is 16.1. The molecule has 2 amide bonds. The molecule has 0 heterocycles. The van der Waals surface area contributed by atoms with Crippen LogP contribution < -0.4 is 20.1 Å². The van der Waals surface area contributed by atoms with Crippen molar-refractivity contribution < 1.29 is 37.3 Å². The predicted molar refractivity (Wildman–Crippen MR) is 116 cm³/mol. The van der Waals surface area contributed by atoms with Crippen molar-refractivity contribution in [1.29, 1.82) is 5.41 Å². The first kappa shape index (κ1) is 24.6. The van der Waals surface area contributed by atoms with Crippen LogP contribution in [-0.4, -0.2) is 35.8 Å². The van der Waals surface area contributed by atoms with Gasteiger partial charge in [0.05, 0.1) is 7.11 Å². The minimum Gasteiger partial charge on any atom is -0.503 e. The number of halogens is 3. The zero-order chi connectivity index (χ0) is 24.9. The van der Waals surface area contributed by atoms with Gasteiger partial charge in [0.15, 0.2) is 5.76 Å². The second-order valence-electron chi connectivity index (χ2n) is 7.54. The van der Waals surface area contributed by atoms with Crippen molar-refractivity contribution in [1.82, 2.24) is 10.6 Å². The number of alkyl halides is 3. The highest BCUT2D eigenvalue weighted by Crippen LogP contribution is 2.40. The molecule has 0 saturated heterocycles. The molecule has 0 bridgehead atoms. The Labute approximate surface area is 192 Å². The third-order valence-corrected chi connectivity index (χ3v) is 5.11. The largest absolute Gasteiger partial charge is 0.503 e. The topological polar surface area (TPSA) is 121 Å². The van der Waals surface area contributed by atoms with Crippen molar-refractivity contribution in [3.05, 3.63) is 65.4 Å². The molecular weight excluding hydrogens is 455 g/mol. The van der Waals surface area contributed by atoms with Crippen LogP contribution in [0.2, 0.25) is 0 Å². The van der Waals surface area contributed by atoms with Gasteiger partial charge in [-0.25, -0.2) is 0 Å². The molecule has 2 aromatic carbocycles. The summed E-state index contributed by atoms with van der Waals surface area (Å²) in [4.78, 5) is 24.4. The Hall–Kier alpha value is -4.02. The zero-order valence-corrected chi connectivity index (χ0v) is 18.0. The van der Waals surface area contributed by atoms with Crippen LogP contribution in [0, 0.1) is 5.41 Å². The molecule has 1 aliphatic rings. The molecule has 0 unspecified atom stereocenters. The molecule has 3 rings (SSSR count). The van der Waals surface area contributed by atoms with Gasteiger partial charge >= 0.3 is 6.18 Å². The molecule has 8 nitrogen and oxygen atoms in total. The highest BCUT2D eigenvalue weighted by Gasteiger charge is 2.51. The SMILES string of the molecule is COc1ccc(Oc2ccc(CNC(=O)C3(NC(=O)/C(O)=C/C=N)CC3)cc2)c(C(F)(F)F)c1. The summed E-state index contributed by atoms with van der Waals surface area (Å²) in [5, 5.41) is 21.5. The van der Waals surface area contributed by atoms with Crippen molar-refractivity contribution in [3.63, 3.8) is 0 Å². The Morgan fingerprint density at radius 3 is 2.35 bits per heavy atom. The van der Waals surface area contributed by atoms with Gasteiger partial charge in [-0.15, -0.1) is 0 Å². The normalized spacial score (nSPS) is 14.6. The molecule has 1 aliphatic carbocycles. The number of aliphatic hydroxyl groups excluding tert-OH is 1. The van der Waals surface area contributed by atoms with E-state index in [1.54, 1.807) is 12.1 Å². The standard InChI is InChI=1S/C23H22F3N3O5/c1-33-16-6-7-19(17(12-16)23(24,25)26)34-15-4-2-14(3-5-15)13-28-21(32)22(9-10-22)29-20(31)18(30)8-11-27/h2-8,11-12,27,30H,9-10,13H2,1H3,(H,28,32)(H,29,31)/b18-8-,27-11?. The first-order valence-electron chi connectivity index (χ1n) is 10.1. The monoisotopic (exact) mass is 477 g/mol. The van der Waals surface area contributed by atoms with E-state index < -0.39 is 34.9 Å². The Bertz CT molecular complexity index is 1110. The summed E-state index contributed by atoms with van der Waals surface area (Å²) in [6.07, 6.45) is -2.18. The smallest absolute Gasteiger partial charge is 0.420 e. The molecule has 0 radical (unpaired) electrons. The summed E-state index contributed by atoms with van der Waals surface area (Å²) in [7, 11) is 1.27. The van der Waals surface area contributed by atoms with Crippen molar-refractivity contribution in [2.24, 2.45) is 0 Å².